The Kier molecular flexibility index (Phi) is 3.99. The number of rotatable bonds is 4. The maximum absolute atomic E-state index is 12.8. The van der Waals surface area contributed by atoms with Crippen molar-refractivity contribution in [1.82, 2.24) is 0 Å². The Morgan fingerprint density at radius 3 is 2.22 bits per heavy atom. The Labute approximate surface area is 108 Å². The highest BCUT2D eigenvalue weighted by atomic mass is 32.2. The van der Waals surface area contributed by atoms with Crippen molar-refractivity contribution in [3.05, 3.63) is 66.0 Å². The summed E-state index contributed by atoms with van der Waals surface area (Å²) in [5, 5.41) is 8.56. The Bertz CT molecular complexity index is 525. The lowest BCUT2D eigenvalue weighted by Gasteiger charge is -2.12. The van der Waals surface area contributed by atoms with E-state index in [1.807, 2.05) is 6.07 Å². The highest BCUT2D eigenvalue weighted by Crippen LogP contribution is 2.35. The number of benzene rings is 2. The zero-order valence-corrected chi connectivity index (χ0v) is 10.2. The van der Waals surface area contributed by atoms with Crippen LogP contribution in [0.15, 0.2) is 59.5 Å². The van der Waals surface area contributed by atoms with Gasteiger partial charge in [0.2, 0.25) is 0 Å². The van der Waals surface area contributed by atoms with Gasteiger partial charge in [-0.05, 0) is 29.8 Å². The minimum absolute atomic E-state index is 0.328. The van der Waals surface area contributed by atoms with Gasteiger partial charge >= 0.3 is 5.97 Å². The molecule has 0 fully saturated rings. The second-order valence-corrected chi connectivity index (χ2v) is 4.88. The van der Waals surface area contributed by atoms with Gasteiger partial charge < -0.3 is 5.11 Å². The number of carbonyl (C=O) groups is 1. The van der Waals surface area contributed by atoms with Gasteiger partial charge in [-0.15, -0.1) is 11.8 Å². The topological polar surface area (TPSA) is 37.3 Å². The molecule has 0 aliphatic heterocycles. The minimum Gasteiger partial charge on any atom is -0.480 e. The van der Waals surface area contributed by atoms with Gasteiger partial charge in [0.05, 0.1) is 0 Å². The third-order valence-corrected chi connectivity index (χ3v) is 3.65. The molecule has 1 atom stereocenters. The average molecular weight is 262 g/mol. The van der Waals surface area contributed by atoms with Gasteiger partial charge in [-0.25, -0.2) is 4.39 Å². The molecular formula is C14H11FO2S. The van der Waals surface area contributed by atoms with E-state index in [4.69, 9.17) is 0 Å². The van der Waals surface area contributed by atoms with E-state index in [9.17, 15) is 14.3 Å². The molecular weight excluding hydrogens is 251 g/mol. The molecule has 1 N–H and O–H groups in total. The monoisotopic (exact) mass is 262 g/mol. The molecule has 4 heteroatoms. The maximum Gasteiger partial charge on any atom is 0.321 e. The van der Waals surface area contributed by atoms with Gasteiger partial charge in [-0.3, -0.25) is 4.79 Å². The summed E-state index contributed by atoms with van der Waals surface area (Å²) in [4.78, 5) is 12.0. The van der Waals surface area contributed by atoms with Crippen molar-refractivity contribution in [2.75, 3.05) is 0 Å². The molecule has 2 nitrogen and oxygen atoms in total. The van der Waals surface area contributed by atoms with Crippen molar-refractivity contribution in [3.63, 3.8) is 0 Å². The highest BCUT2D eigenvalue weighted by Gasteiger charge is 2.20. The molecule has 92 valence electrons. The van der Waals surface area contributed by atoms with Crippen LogP contribution in [0.4, 0.5) is 4.39 Å². The fourth-order valence-corrected chi connectivity index (χ4v) is 2.50. The predicted octanol–water partition coefficient (Wildman–Crippen LogP) is 3.74. The fraction of sp³-hybridized carbons (Fsp3) is 0.0714. The van der Waals surface area contributed by atoms with Gasteiger partial charge in [0.1, 0.15) is 11.1 Å². The van der Waals surface area contributed by atoms with Crippen molar-refractivity contribution in [2.45, 2.75) is 10.1 Å². The Balaban J connectivity index is 2.22. The first-order valence-electron chi connectivity index (χ1n) is 5.37. The van der Waals surface area contributed by atoms with Crippen LogP contribution in [-0.2, 0) is 4.79 Å². The van der Waals surface area contributed by atoms with Gasteiger partial charge in [0, 0.05) is 4.90 Å². The molecule has 0 saturated carbocycles. The van der Waals surface area contributed by atoms with E-state index in [1.54, 1.807) is 36.4 Å². The molecule has 18 heavy (non-hydrogen) atoms. The number of carboxylic acids is 1. The standard InChI is InChI=1S/C14H11FO2S/c15-11-6-8-12(9-7-11)18-13(14(16)17)10-4-2-1-3-5-10/h1-9,13H,(H,16,17). The van der Waals surface area contributed by atoms with Gasteiger partial charge in [-0.1, -0.05) is 30.3 Å². The van der Waals surface area contributed by atoms with Gasteiger partial charge in [-0.2, -0.15) is 0 Å². The maximum atomic E-state index is 12.8. The third kappa shape index (κ3) is 3.11. The first-order valence-corrected chi connectivity index (χ1v) is 6.25. The molecule has 1 unspecified atom stereocenters. The molecule has 0 aliphatic rings. The Morgan fingerprint density at radius 1 is 1.06 bits per heavy atom. The summed E-state index contributed by atoms with van der Waals surface area (Å²) in [6.45, 7) is 0. The summed E-state index contributed by atoms with van der Waals surface area (Å²) in [5.41, 5.74) is 0.722. The number of thioether (sulfide) groups is 1. The molecule has 0 aliphatic carbocycles. The average Bonchev–Trinajstić information content (AvgIpc) is 2.38. The first-order chi connectivity index (χ1) is 8.66. The Morgan fingerprint density at radius 2 is 1.67 bits per heavy atom. The molecule has 2 rings (SSSR count). The van der Waals surface area contributed by atoms with Crippen molar-refractivity contribution in [2.24, 2.45) is 0 Å². The van der Waals surface area contributed by atoms with E-state index in [-0.39, 0.29) is 5.82 Å². The molecule has 2 aromatic carbocycles. The van der Waals surface area contributed by atoms with Crippen LogP contribution < -0.4 is 0 Å². The zero-order chi connectivity index (χ0) is 13.0. The normalized spacial score (nSPS) is 12.1. The highest BCUT2D eigenvalue weighted by molar-refractivity contribution is 8.00. The molecule has 2 aromatic rings. The third-order valence-electron chi connectivity index (χ3n) is 2.39. The quantitative estimate of drug-likeness (QED) is 0.853. The lowest BCUT2D eigenvalue weighted by Crippen LogP contribution is -2.07. The van der Waals surface area contributed by atoms with Gasteiger partial charge in [0.15, 0.2) is 0 Å². The van der Waals surface area contributed by atoms with Crippen molar-refractivity contribution in [3.8, 4) is 0 Å². The van der Waals surface area contributed by atoms with E-state index >= 15 is 0 Å². The van der Waals surface area contributed by atoms with E-state index in [1.165, 1.54) is 23.9 Å². The molecule has 0 radical (unpaired) electrons. The van der Waals surface area contributed by atoms with Crippen LogP contribution in [0.25, 0.3) is 0 Å². The number of hydrogen-bond acceptors (Lipinski definition) is 2. The van der Waals surface area contributed by atoms with Crippen molar-refractivity contribution >= 4 is 17.7 Å². The Hall–Kier alpha value is -1.81. The number of carboxylic acid groups (broad SMARTS) is 1. The van der Waals surface area contributed by atoms with Crippen molar-refractivity contribution in [1.29, 1.82) is 0 Å². The molecule has 0 saturated heterocycles. The predicted molar refractivity (Wildman–Crippen MR) is 69.1 cm³/mol. The van der Waals surface area contributed by atoms with Crippen LogP contribution in [0, 0.1) is 5.82 Å². The summed E-state index contributed by atoms with van der Waals surface area (Å²) in [7, 11) is 0. The SMILES string of the molecule is O=C(O)C(Sc1ccc(F)cc1)c1ccccc1. The van der Waals surface area contributed by atoms with E-state index in [2.05, 4.69) is 0 Å². The van der Waals surface area contributed by atoms with Crippen LogP contribution in [0.1, 0.15) is 10.8 Å². The van der Waals surface area contributed by atoms with Crippen molar-refractivity contribution < 1.29 is 14.3 Å². The van der Waals surface area contributed by atoms with Crippen LogP contribution in [0.5, 0.6) is 0 Å². The molecule has 0 heterocycles. The molecule has 0 amide bonds. The summed E-state index contributed by atoms with van der Waals surface area (Å²) in [6, 6.07) is 14.8. The second-order valence-electron chi connectivity index (χ2n) is 3.70. The van der Waals surface area contributed by atoms with Crippen LogP contribution in [-0.4, -0.2) is 11.1 Å². The van der Waals surface area contributed by atoms with E-state index < -0.39 is 11.2 Å². The summed E-state index contributed by atoms with van der Waals surface area (Å²) < 4.78 is 12.8. The molecule has 0 spiro atoms. The number of halogens is 1. The summed E-state index contributed by atoms with van der Waals surface area (Å²) in [6.07, 6.45) is 0. The van der Waals surface area contributed by atoms with Gasteiger partial charge in [0.25, 0.3) is 0 Å². The largest absolute Gasteiger partial charge is 0.480 e. The molecule has 0 aromatic heterocycles. The van der Waals surface area contributed by atoms with E-state index in [0.717, 1.165) is 10.5 Å². The van der Waals surface area contributed by atoms with Crippen LogP contribution in [0.2, 0.25) is 0 Å². The molecule has 0 bridgehead atoms. The van der Waals surface area contributed by atoms with Crippen LogP contribution in [0.3, 0.4) is 0 Å². The smallest absolute Gasteiger partial charge is 0.321 e. The zero-order valence-electron chi connectivity index (χ0n) is 9.42. The lowest BCUT2D eigenvalue weighted by molar-refractivity contribution is -0.136. The van der Waals surface area contributed by atoms with E-state index in [0.29, 0.717) is 0 Å². The minimum atomic E-state index is -0.907. The summed E-state index contributed by atoms with van der Waals surface area (Å²) >= 11 is 1.19. The number of hydrogen-bond donors (Lipinski definition) is 1. The van der Waals surface area contributed by atoms with Crippen LogP contribution >= 0.6 is 11.8 Å². The lowest BCUT2D eigenvalue weighted by atomic mass is 10.1. The second kappa shape index (κ2) is 5.69. The first kappa shape index (κ1) is 12.6. The fourth-order valence-electron chi connectivity index (χ4n) is 1.54. The summed E-state index contributed by atoms with van der Waals surface area (Å²) in [5.74, 6) is -1.23. The number of aliphatic carboxylic acids is 1.